The minimum Gasteiger partial charge on any atom is -0.452 e. The van der Waals surface area contributed by atoms with Crippen molar-refractivity contribution >= 4 is 17.7 Å². The number of hydrogen-bond acceptors (Lipinski definition) is 6. The summed E-state index contributed by atoms with van der Waals surface area (Å²) in [6, 6.07) is 0. The van der Waals surface area contributed by atoms with Crippen LogP contribution in [0.4, 0.5) is 0 Å². The van der Waals surface area contributed by atoms with Crippen LogP contribution < -0.4 is 0 Å². The normalized spacial score (nSPS) is 10.6. The third-order valence-electron chi connectivity index (χ3n) is 3.48. The van der Waals surface area contributed by atoms with Crippen LogP contribution in [0.15, 0.2) is 24.7 Å². The van der Waals surface area contributed by atoms with E-state index in [0.717, 1.165) is 5.57 Å². The fraction of sp³-hybridized carbons (Fsp3) is 0.438. The summed E-state index contributed by atoms with van der Waals surface area (Å²) in [5.41, 5.74) is 1.79. The molecular weight excluding hydrogens is 310 g/mol. The monoisotopic (exact) mass is 331 g/mol. The van der Waals surface area contributed by atoms with Gasteiger partial charge in [-0.3, -0.25) is 4.79 Å². The molecule has 0 bridgehead atoms. The molecule has 0 aromatic carbocycles. The molecule has 24 heavy (non-hydrogen) atoms. The molecule has 0 unspecified atom stereocenters. The van der Waals surface area contributed by atoms with Crippen molar-refractivity contribution in [3.63, 3.8) is 0 Å². The topological polar surface area (TPSA) is 89.7 Å². The number of fused-ring (bicyclic) bond motifs is 1. The fourth-order valence-corrected chi connectivity index (χ4v) is 2.33. The smallest absolute Gasteiger partial charge is 0.342 e. The predicted molar refractivity (Wildman–Crippen MR) is 87.5 cm³/mol. The average molecular weight is 331 g/mol. The fourth-order valence-electron chi connectivity index (χ4n) is 2.33. The summed E-state index contributed by atoms with van der Waals surface area (Å²) >= 11 is 0. The van der Waals surface area contributed by atoms with Crippen LogP contribution in [0.5, 0.6) is 0 Å². The Labute approximate surface area is 140 Å². The molecule has 2 rings (SSSR count). The number of likely N-dealkylation sites (N-methyl/N-ethyl adjacent to an activating group) is 1. The lowest BCUT2D eigenvalue weighted by molar-refractivity contribution is -0.133. The van der Waals surface area contributed by atoms with Gasteiger partial charge in [0.15, 0.2) is 6.61 Å². The van der Waals surface area contributed by atoms with Gasteiger partial charge in [-0.05, 0) is 20.3 Å². The number of carbonyl (C=O) groups is 2. The maximum atomic E-state index is 12.3. The number of amides is 1. The van der Waals surface area contributed by atoms with Gasteiger partial charge in [0.2, 0.25) is 0 Å². The number of hydrogen-bond donors (Lipinski definition) is 0. The molecule has 2 aromatic heterocycles. The number of aromatic nitrogens is 4. The Morgan fingerprint density at radius 3 is 2.71 bits per heavy atom. The Morgan fingerprint density at radius 2 is 2.08 bits per heavy atom. The Morgan fingerprint density at radius 1 is 1.33 bits per heavy atom. The van der Waals surface area contributed by atoms with Gasteiger partial charge in [-0.25, -0.2) is 14.3 Å². The van der Waals surface area contributed by atoms with E-state index in [-0.39, 0.29) is 18.1 Å². The lowest BCUT2D eigenvalue weighted by Crippen LogP contribution is -2.35. The first-order valence-electron chi connectivity index (χ1n) is 7.74. The highest BCUT2D eigenvalue weighted by Gasteiger charge is 2.19. The highest BCUT2D eigenvalue weighted by Crippen LogP contribution is 2.11. The van der Waals surface area contributed by atoms with Crippen molar-refractivity contribution in [1.82, 2.24) is 24.5 Å². The summed E-state index contributed by atoms with van der Waals surface area (Å²) in [6.07, 6.45) is 3.33. The second-order valence-corrected chi connectivity index (χ2v) is 5.39. The van der Waals surface area contributed by atoms with E-state index in [0.29, 0.717) is 31.0 Å². The van der Waals surface area contributed by atoms with E-state index < -0.39 is 5.97 Å². The number of esters is 1. The molecule has 8 heteroatoms. The average Bonchev–Trinajstić information content (AvgIpc) is 3.04. The van der Waals surface area contributed by atoms with E-state index >= 15 is 0 Å². The van der Waals surface area contributed by atoms with Crippen molar-refractivity contribution in [1.29, 1.82) is 0 Å². The van der Waals surface area contributed by atoms with Crippen molar-refractivity contribution in [2.45, 2.75) is 27.2 Å². The number of ether oxygens (including phenoxy) is 1. The van der Waals surface area contributed by atoms with Crippen molar-refractivity contribution in [3.8, 4) is 0 Å². The lowest BCUT2D eigenvalue weighted by atomic mass is 10.2. The molecule has 0 saturated carbocycles. The van der Waals surface area contributed by atoms with Crippen molar-refractivity contribution in [2.75, 3.05) is 19.7 Å². The van der Waals surface area contributed by atoms with Gasteiger partial charge in [0.05, 0.1) is 11.3 Å². The molecule has 0 aliphatic heterocycles. The van der Waals surface area contributed by atoms with Crippen molar-refractivity contribution < 1.29 is 14.3 Å². The first kappa shape index (κ1) is 17.6. The molecule has 0 saturated heterocycles. The largest absolute Gasteiger partial charge is 0.452 e. The van der Waals surface area contributed by atoms with Crippen LogP contribution in [-0.4, -0.2) is 56.1 Å². The molecule has 2 heterocycles. The Balaban J connectivity index is 2.10. The summed E-state index contributed by atoms with van der Waals surface area (Å²) < 4.78 is 6.66. The maximum Gasteiger partial charge on any atom is 0.342 e. The van der Waals surface area contributed by atoms with Gasteiger partial charge in [-0.2, -0.15) is 10.1 Å². The molecular formula is C16H21N5O3. The summed E-state index contributed by atoms with van der Waals surface area (Å²) in [5.74, 6) is -0.448. The van der Waals surface area contributed by atoms with Gasteiger partial charge in [-0.1, -0.05) is 19.1 Å². The second-order valence-electron chi connectivity index (χ2n) is 5.39. The zero-order valence-corrected chi connectivity index (χ0v) is 14.2. The van der Waals surface area contributed by atoms with Gasteiger partial charge in [0.1, 0.15) is 6.33 Å². The SMILES string of the molecule is C=C(C)CN(CC)C(=O)COC(=O)c1cnc2ncnn2c1CC. The van der Waals surface area contributed by atoms with Gasteiger partial charge in [0, 0.05) is 19.3 Å². The van der Waals surface area contributed by atoms with Crippen LogP contribution in [-0.2, 0) is 16.0 Å². The van der Waals surface area contributed by atoms with E-state index in [1.54, 1.807) is 4.90 Å². The van der Waals surface area contributed by atoms with Gasteiger partial charge in [-0.15, -0.1) is 0 Å². The molecule has 1 amide bonds. The highest BCUT2D eigenvalue weighted by atomic mass is 16.5. The highest BCUT2D eigenvalue weighted by molar-refractivity contribution is 5.92. The van der Waals surface area contributed by atoms with E-state index in [2.05, 4.69) is 21.6 Å². The van der Waals surface area contributed by atoms with Crippen LogP contribution in [0.3, 0.4) is 0 Å². The first-order chi connectivity index (χ1) is 11.5. The molecule has 0 aliphatic rings. The molecule has 0 atom stereocenters. The summed E-state index contributed by atoms with van der Waals surface area (Å²) in [7, 11) is 0. The van der Waals surface area contributed by atoms with E-state index in [9.17, 15) is 9.59 Å². The summed E-state index contributed by atoms with van der Waals surface area (Å²) in [5, 5.41) is 4.05. The molecule has 0 aliphatic carbocycles. The van der Waals surface area contributed by atoms with Crippen LogP contribution in [0.1, 0.15) is 36.8 Å². The second kappa shape index (κ2) is 7.67. The van der Waals surface area contributed by atoms with Gasteiger partial charge >= 0.3 is 5.97 Å². The predicted octanol–water partition coefficient (Wildman–Crippen LogP) is 1.27. The molecule has 0 fully saturated rings. The van der Waals surface area contributed by atoms with Crippen LogP contribution in [0, 0.1) is 0 Å². The Bertz CT molecular complexity index is 768. The Hall–Kier alpha value is -2.77. The minimum absolute atomic E-state index is 0.262. The molecule has 8 nitrogen and oxygen atoms in total. The molecule has 0 N–H and O–H groups in total. The zero-order chi connectivity index (χ0) is 17.7. The minimum atomic E-state index is -0.600. The summed E-state index contributed by atoms with van der Waals surface area (Å²) in [4.78, 5) is 34.1. The van der Waals surface area contributed by atoms with Gasteiger partial charge in [0.25, 0.3) is 11.7 Å². The number of carbonyl (C=O) groups excluding carboxylic acids is 2. The van der Waals surface area contributed by atoms with Crippen molar-refractivity contribution in [2.24, 2.45) is 0 Å². The van der Waals surface area contributed by atoms with Crippen LogP contribution in [0.25, 0.3) is 5.78 Å². The van der Waals surface area contributed by atoms with E-state index in [4.69, 9.17) is 4.74 Å². The number of aryl methyl sites for hydroxylation is 1. The molecule has 2 aromatic rings. The third-order valence-corrected chi connectivity index (χ3v) is 3.48. The van der Waals surface area contributed by atoms with E-state index in [1.165, 1.54) is 17.0 Å². The van der Waals surface area contributed by atoms with Crippen molar-refractivity contribution in [3.05, 3.63) is 35.9 Å². The van der Waals surface area contributed by atoms with E-state index in [1.807, 2.05) is 20.8 Å². The lowest BCUT2D eigenvalue weighted by Gasteiger charge is -2.20. The van der Waals surface area contributed by atoms with Crippen LogP contribution in [0.2, 0.25) is 0 Å². The standard InChI is InChI=1S/C16H21N5O3/c1-5-13-12(7-17-16-18-10-19-21(13)16)15(23)24-9-14(22)20(6-2)8-11(3)4/h7,10H,3,5-6,8-9H2,1-2,4H3. The Kier molecular flexibility index (Phi) is 5.62. The first-order valence-corrected chi connectivity index (χ1v) is 7.74. The maximum absolute atomic E-state index is 12.3. The molecule has 128 valence electrons. The molecule has 0 radical (unpaired) electrons. The van der Waals surface area contributed by atoms with Gasteiger partial charge < -0.3 is 9.64 Å². The quantitative estimate of drug-likeness (QED) is 0.560. The third kappa shape index (κ3) is 3.76. The number of rotatable bonds is 7. The molecule has 0 spiro atoms. The summed E-state index contributed by atoms with van der Waals surface area (Å²) in [6.45, 7) is 10.0. The van der Waals surface area contributed by atoms with Crippen LogP contribution >= 0.6 is 0 Å². The zero-order valence-electron chi connectivity index (χ0n) is 14.2. The number of nitrogens with zero attached hydrogens (tertiary/aromatic N) is 5.